The van der Waals surface area contributed by atoms with Crippen LogP contribution in [-0.4, -0.2) is 18.3 Å². The number of aryl methyl sites for hydroxylation is 2. The number of rotatable bonds is 4. The molecule has 2 nitrogen and oxygen atoms in total. The third-order valence-corrected chi connectivity index (χ3v) is 3.37. The molecular formula is C10H11F4NOS. The topological polar surface area (TPSA) is 29.1 Å². The lowest BCUT2D eigenvalue weighted by atomic mass is 10.3. The van der Waals surface area contributed by atoms with Crippen molar-refractivity contribution in [2.75, 3.05) is 0 Å². The first-order chi connectivity index (χ1) is 7.75. The highest BCUT2D eigenvalue weighted by atomic mass is 32.1. The van der Waals surface area contributed by atoms with Gasteiger partial charge in [0.2, 0.25) is 0 Å². The molecule has 1 aromatic heterocycles. The highest BCUT2D eigenvalue weighted by molar-refractivity contribution is 7.12. The summed E-state index contributed by atoms with van der Waals surface area (Å²) in [5.74, 6) is -6.59. The molecule has 1 rings (SSSR count). The lowest BCUT2D eigenvalue weighted by Crippen LogP contribution is -2.44. The molecule has 0 aliphatic heterocycles. The Hall–Kier alpha value is -1.11. The molecule has 0 saturated carbocycles. The van der Waals surface area contributed by atoms with Gasteiger partial charge in [0.05, 0.1) is 6.54 Å². The van der Waals surface area contributed by atoms with Crippen LogP contribution in [0.1, 0.15) is 15.3 Å². The number of alkyl halides is 4. The van der Waals surface area contributed by atoms with Crippen molar-refractivity contribution in [3.8, 4) is 0 Å². The second-order valence-electron chi connectivity index (χ2n) is 3.56. The normalized spacial score (nSPS) is 11.9. The van der Waals surface area contributed by atoms with E-state index in [1.54, 1.807) is 11.4 Å². The van der Waals surface area contributed by atoms with Crippen molar-refractivity contribution >= 4 is 17.2 Å². The summed E-state index contributed by atoms with van der Waals surface area (Å²) < 4.78 is 48.8. The van der Waals surface area contributed by atoms with Crippen LogP contribution in [0.15, 0.2) is 6.07 Å². The molecule has 0 unspecified atom stereocenters. The zero-order valence-corrected chi connectivity index (χ0v) is 10.0. The fourth-order valence-corrected chi connectivity index (χ4v) is 2.11. The van der Waals surface area contributed by atoms with Crippen LogP contribution < -0.4 is 5.32 Å². The van der Waals surface area contributed by atoms with Crippen LogP contribution in [-0.2, 0) is 11.3 Å². The third-order valence-electron chi connectivity index (χ3n) is 2.22. The average molecular weight is 269 g/mol. The minimum absolute atomic E-state index is 0.166. The van der Waals surface area contributed by atoms with Crippen LogP contribution in [0, 0.1) is 13.8 Å². The molecule has 96 valence electrons. The summed E-state index contributed by atoms with van der Waals surface area (Å²) in [6.45, 7) is 3.52. The molecule has 0 aliphatic carbocycles. The van der Waals surface area contributed by atoms with Gasteiger partial charge in [-0.1, -0.05) is 0 Å². The van der Waals surface area contributed by atoms with E-state index in [9.17, 15) is 22.4 Å². The van der Waals surface area contributed by atoms with Gasteiger partial charge in [0.1, 0.15) is 0 Å². The van der Waals surface area contributed by atoms with E-state index < -0.39 is 18.3 Å². The number of carbonyl (C=O) groups excluding carboxylic acids is 1. The number of halogens is 4. The fourth-order valence-electron chi connectivity index (χ4n) is 1.12. The number of thiophene rings is 1. The lowest BCUT2D eigenvalue weighted by molar-refractivity contribution is -0.169. The van der Waals surface area contributed by atoms with Gasteiger partial charge < -0.3 is 5.32 Å². The average Bonchev–Trinajstić information content (AvgIpc) is 2.54. The summed E-state index contributed by atoms with van der Waals surface area (Å²) in [4.78, 5) is 12.5. The summed E-state index contributed by atoms with van der Waals surface area (Å²) in [5.41, 5.74) is 0.972. The molecule has 0 aliphatic rings. The Balaban J connectivity index is 2.60. The molecule has 0 fully saturated rings. The molecule has 0 spiro atoms. The van der Waals surface area contributed by atoms with Crippen LogP contribution in [0.4, 0.5) is 17.6 Å². The van der Waals surface area contributed by atoms with Crippen LogP contribution in [0.5, 0.6) is 0 Å². The van der Waals surface area contributed by atoms with Crippen molar-refractivity contribution in [1.29, 1.82) is 0 Å². The molecule has 0 saturated heterocycles. The maximum absolute atomic E-state index is 12.6. The first-order valence-electron chi connectivity index (χ1n) is 4.75. The summed E-state index contributed by atoms with van der Waals surface area (Å²) >= 11 is 1.33. The Kier molecular flexibility index (Phi) is 4.13. The van der Waals surface area contributed by atoms with Crippen molar-refractivity contribution < 1.29 is 22.4 Å². The van der Waals surface area contributed by atoms with Crippen LogP contribution in [0.25, 0.3) is 0 Å². The lowest BCUT2D eigenvalue weighted by Gasteiger charge is -2.14. The van der Waals surface area contributed by atoms with Crippen molar-refractivity contribution in [3.63, 3.8) is 0 Å². The second-order valence-corrected chi connectivity index (χ2v) is 4.90. The Morgan fingerprint density at radius 3 is 2.47 bits per heavy atom. The van der Waals surface area contributed by atoms with Crippen molar-refractivity contribution in [2.45, 2.75) is 32.7 Å². The molecule has 1 N–H and O–H groups in total. The van der Waals surface area contributed by atoms with Gasteiger partial charge in [-0.2, -0.15) is 8.78 Å². The molecule has 0 atom stereocenters. The zero-order valence-electron chi connectivity index (χ0n) is 9.19. The van der Waals surface area contributed by atoms with Crippen molar-refractivity contribution in [3.05, 3.63) is 21.4 Å². The minimum Gasteiger partial charge on any atom is -0.346 e. The molecular weight excluding hydrogens is 258 g/mol. The van der Waals surface area contributed by atoms with Gasteiger partial charge in [-0.3, -0.25) is 4.79 Å². The van der Waals surface area contributed by atoms with Gasteiger partial charge in [0.25, 0.3) is 5.91 Å². The van der Waals surface area contributed by atoms with Gasteiger partial charge in [-0.05, 0) is 25.5 Å². The van der Waals surface area contributed by atoms with Gasteiger partial charge in [0.15, 0.2) is 0 Å². The zero-order chi connectivity index (χ0) is 13.2. The minimum atomic E-state index is -4.64. The maximum atomic E-state index is 12.6. The van der Waals surface area contributed by atoms with Gasteiger partial charge in [-0.15, -0.1) is 11.3 Å². The van der Waals surface area contributed by atoms with E-state index in [-0.39, 0.29) is 6.54 Å². The number of amides is 1. The van der Waals surface area contributed by atoms with Crippen molar-refractivity contribution in [1.82, 2.24) is 5.32 Å². The molecule has 17 heavy (non-hydrogen) atoms. The van der Waals surface area contributed by atoms with E-state index in [4.69, 9.17) is 0 Å². The monoisotopic (exact) mass is 269 g/mol. The van der Waals surface area contributed by atoms with Crippen LogP contribution >= 0.6 is 11.3 Å². The van der Waals surface area contributed by atoms with E-state index in [1.165, 1.54) is 11.3 Å². The Morgan fingerprint density at radius 1 is 1.47 bits per heavy atom. The predicted octanol–water partition coefficient (Wildman–Crippen LogP) is 2.88. The highest BCUT2D eigenvalue weighted by Crippen LogP contribution is 2.24. The number of nitrogens with one attached hydrogen (secondary N) is 1. The summed E-state index contributed by atoms with van der Waals surface area (Å²) in [5, 5.41) is 1.80. The van der Waals surface area contributed by atoms with Crippen LogP contribution in [0.2, 0.25) is 0 Å². The molecule has 0 bridgehead atoms. The standard InChI is InChI=1S/C10H11F4NOS/c1-5-3-7(17-6(5)2)4-15-9(16)10(13,14)8(11)12/h3,8H,4H2,1-2H3,(H,15,16). The molecule has 0 radical (unpaired) electrons. The third kappa shape index (κ3) is 3.18. The van der Waals surface area contributed by atoms with E-state index in [0.29, 0.717) is 4.88 Å². The SMILES string of the molecule is Cc1cc(CNC(=O)C(F)(F)C(F)F)sc1C. The first kappa shape index (κ1) is 14.0. The second kappa shape index (κ2) is 5.03. The summed E-state index contributed by atoms with van der Waals surface area (Å²) in [6, 6.07) is 1.72. The van der Waals surface area contributed by atoms with Crippen LogP contribution in [0.3, 0.4) is 0 Å². The Bertz CT molecular complexity index is 397. The molecule has 1 heterocycles. The highest BCUT2D eigenvalue weighted by Gasteiger charge is 2.48. The van der Waals surface area contributed by atoms with Crippen molar-refractivity contribution in [2.24, 2.45) is 0 Å². The summed E-state index contributed by atoms with van der Waals surface area (Å²) in [6.07, 6.45) is -3.99. The number of carbonyl (C=O) groups is 1. The smallest absolute Gasteiger partial charge is 0.346 e. The van der Waals surface area contributed by atoms with E-state index in [2.05, 4.69) is 0 Å². The molecule has 1 amide bonds. The first-order valence-corrected chi connectivity index (χ1v) is 5.57. The Morgan fingerprint density at radius 2 is 2.06 bits per heavy atom. The van der Waals surface area contributed by atoms with Gasteiger partial charge in [-0.25, -0.2) is 8.78 Å². The number of hydrogen-bond donors (Lipinski definition) is 1. The van der Waals surface area contributed by atoms with E-state index >= 15 is 0 Å². The largest absolute Gasteiger partial charge is 0.383 e. The van der Waals surface area contributed by atoms with E-state index in [1.807, 2.05) is 13.8 Å². The van der Waals surface area contributed by atoms with Gasteiger partial charge in [0, 0.05) is 9.75 Å². The number of hydrogen-bond acceptors (Lipinski definition) is 2. The summed E-state index contributed by atoms with van der Waals surface area (Å²) in [7, 11) is 0. The quantitative estimate of drug-likeness (QED) is 0.837. The van der Waals surface area contributed by atoms with E-state index in [0.717, 1.165) is 10.4 Å². The maximum Gasteiger partial charge on any atom is 0.383 e. The molecule has 7 heteroatoms. The fraction of sp³-hybridized carbons (Fsp3) is 0.500. The Labute approximate surface area is 99.6 Å². The molecule has 0 aromatic carbocycles. The molecule has 1 aromatic rings. The predicted molar refractivity (Wildman–Crippen MR) is 56.6 cm³/mol. The van der Waals surface area contributed by atoms with Gasteiger partial charge >= 0.3 is 12.3 Å².